The van der Waals surface area contributed by atoms with Crippen LogP contribution in [-0.4, -0.2) is 41.3 Å². The Bertz CT molecular complexity index is 434. The summed E-state index contributed by atoms with van der Waals surface area (Å²) in [5, 5.41) is 10.1. The third kappa shape index (κ3) is 3.16. The summed E-state index contributed by atoms with van der Waals surface area (Å²) >= 11 is 0. The number of ether oxygens (including phenoxy) is 1. The molecule has 1 aromatic rings. The van der Waals surface area contributed by atoms with Gasteiger partial charge >= 0.3 is 5.97 Å². The number of likely N-dealkylation sites (tertiary alicyclic amines) is 1. The Morgan fingerprint density at radius 1 is 1.53 bits per heavy atom. The van der Waals surface area contributed by atoms with E-state index in [1.807, 2.05) is 0 Å². The zero-order valence-electron chi connectivity index (χ0n) is 11.5. The van der Waals surface area contributed by atoms with Crippen molar-refractivity contribution in [2.45, 2.75) is 38.8 Å². The largest absolute Gasteiger partial charge is 0.467 e. The van der Waals surface area contributed by atoms with Crippen LogP contribution in [-0.2, 0) is 11.3 Å². The van der Waals surface area contributed by atoms with Crippen molar-refractivity contribution in [3.8, 4) is 0 Å². The van der Waals surface area contributed by atoms with Crippen molar-refractivity contribution in [3.63, 3.8) is 0 Å². The molecule has 19 heavy (non-hydrogen) atoms. The van der Waals surface area contributed by atoms with E-state index in [1.54, 1.807) is 13.0 Å². The van der Waals surface area contributed by atoms with E-state index in [1.165, 1.54) is 6.26 Å². The Morgan fingerprint density at radius 2 is 2.26 bits per heavy atom. The van der Waals surface area contributed by atoms with E-state index in [4.69, 9.17) is 9.15 Å². The van der Waals surface area contributed by atoms with Crippen LogP contribution in [0.3, 0.4) is 0 Å². The molecule has 1 saturated heterocycles. The number of carbonyl (C=O) groups is 1. The molecule has 0 aromatic carbocycles. The third-order valence-corrected chi connectivity index (χ3v) is 3.36. The van der Waals surface area contributed by atoms with E-state index >= 15 is 0 Å². The van der Waals surface area contributed by atoms with Crippen LogP contribution in [0.25, 0.3) is 0 Å². The van der Waals surface area contributed by atoms with Crippen LogP contribution in [0.5, 0.6) is 0 Å². The number of esters is 1. The van der Waals surface area contributed by atoms with Crippen LogP contribution in [0.15, 0.2) is 16.7 Å². The summed E-state index contributed by atoms with van der Waals surface area (Å²) in [6.45, 7) is 5.98. The highest BCUT2D eigenvalue weighted by Crippen LogP contribution is 2.28. The van der Waals surface area contributed by atoms with E-state index in [-0.39, 0.29) is 5.97 Å². The van der Waals surface area contributed by atoms with Crippen molar-refractivity contribution in [3.05, 3.63) is 23.7 Å². The quantitative estimate of drug-likeness (QED) is 0.796. The first-order valence-electron chi connectivity index (χ1n) is 6.76. The molecule has 2 rings (SSSR count). The number of furan rings is 1. The van der Waals surface area contributed by atoms with E-state index in [0.29, 0.717) is 37.6 Å². The van der Waals surface area contributed by atoms with E-state index in [0.717, 1.165) is 12.8 Å². The lowest BCUT2D eigenvalue weighted by Gasteiger charge is -2.46. The van der Waals surface area contributed by atoms with Crippen LogP contribution in [0.4, 0.5) is 0 Å². The molecule has 1 aromatic heterocycles. The van der Waals surface area contributed by atoms with Gasteiger partial charge in [0.1, 0.15) is 11.3 Å². The second-order valence-electron chi connectivity index (χ2n) is 5.10. The van der Waals surface area contributed by atoms with Gasteiger partial charge in [-0.25, -0.2) is 4.79 Å². The van der Waals surface area contributed by atoms with Gasteiger partial charge in [-0.2, -0.15) is 0 Å². The molecular weight excluding hydrogens is 246 g/mol. The molecule has 1 aliphatic heterocycles. The van der Waals surface area contributed by atoms with Crippen molar-refractivity contribution >= 4 is 5.97 Å². The van der Waals surface area contributed by atoms with Gasteiger partial charge in [0, 0.05) is 13.1 Å². The summed E-state index contributed by atoms with van der Waals surface area (Å²) in [6.07, 6.45) is 3.28. The summed E-state index contributed by atoms with van der Waals surface area (Å²) < 4.78 is 10.3. The lowest BCUT2D eigenvalue weighted by molar-refractivity contribution is -0.108. The van der Waals surface area contributed by atoms with Crippen LogP contribution < -0.4 is 0 Å². The fraction of sp³-hybridized carbons (Fsp3) is 0.643. The summed E-state index contributed by atoms with van der Waals surface area (Å²) in [5.41, 5.74) is -0.0846. The number of β-amino-alcohol motifs (C(OH)–C–C–N with tert-alkyl or cyclic N) is 1. The number of hydrogen-bond acceptors (Lipinski definition) is 5. The lowest BCUT2D eigenvalue weighted by Crippen LogP contribution is -2.61. The highest BCUT2D eigenvalue weighted by atomic mass is 16.5. The molecule has 5 heteroatoms. The zero-order chi connectivity index (χ0) is 13.9. The van der Waals surface area contributed by atoms with Gasteiger partial charge < -0.3 is 14.3 Å². The monoisotopic (exact) mass is 267 g/mol. The molecule has 0 radical (unpaired) electrons. The number of aliphatic hydroxyl groups is 1. The fourth-order valence-electron chi connectivity index (χ4n) is 2.58. The molecule has 2 heterocycles. The molecule has 0 unspecified atom stereocenters. The number of carbonyl (C=O) groups excluding carboxylic acids is 1. The second kappa shape index (κ2) is 5.75. The average molecular weight is 267 g/mol. The van der Waals surface area contributed by atoms with Crippen molar-refractivity contribution in [1.29, 1.82) is 0 Å². The molecule has 1 N–H and O–H groups in total. The molecular formula is C14H21NO4. The molecule has 0 aliphatic carbocycles. The van der Waals surface area contributed by atoms with E-state index in [2.05, 4.69) is 11.8 Å². The Morgan fingerprint density at radius 3 is 2.89 bits per heavy atom. The maximum atomic E-state index is 11.7. The molecule has 5 nitrogen and oxygen atoms in total. The molecule has 106 valence electrons. The van der Waals surface area contributed by atoms with Gasteiger partial charge in [0.05, 0.1) is 25.0 Å². The van der Waals surface area contributed by atoms with E-state index in [9.17, 15) is 9.90 Å². The first-order chi connectivity index (χ1) is 9.08. The third-order valence-electron chi connectivity index (χ3n) is 3.36. The summed E-state index contributed by atoms with van der Waals surface area (Å²) in [6, 6.07) is 1.63. The van der Waals surface area contributed by atoms with Crippen molar-refractivity contribution in [2.24, 2.45) is 0 Å². The second-order valence-corrected chi connectivity index (χ2v) is 5.10. The zero-order valence-corrected chi connectivity index (χ0v) is 11.5. The van der Waals surface area contributed by atoms with Gasteiger partial charge in [-0.3, -0.25) is 4.90 Å². The van der Waals surface area contributed by atoms with Crippen LogP contribution >= 0.6 is 0 Å². The molecule has 0 atom stereocenters. The van der Waals surface area contributed by atoms with Crippen LogP contribution in [0, 0.1) is 0 Å². The van der Waals surface area contributed by atoms with E-state index < -0.39 is 5.60 Å². The minimum atomic E-state index is -0.564. The van der Waals surface area contributed by atoms with Gasteiger partial charge in [0.2, 0.25) is 0 Å². The molecule has 0 amide bonds. The number of hydrogen-bond donors (Lipinski definition) is 1. The summed E-state index contributed by atoms with van der Waals surface area (Å²) in [4.78, 5) is 13.8. The Balaban J connectivity index is 1.91. The molecule has 1 aliphatic rings. The van der Waals surface area contributed by atoms with Crippen LogP contribution in [0.2, 0.25) is 0 Å². The SMILES string of the molecule is CCCC1(O)CN(Cc2occc2C(=O)OCC)C1. The number of rotatable bonds is 6. The van der Waals surface area contributed by atoms with Crippen molar-refractivity contribution in [1.82, 2.24) is 4.90 Å². The minimum Gasteiger partial charge on any atom is -0.467 e. The Hall–Kier alpha value is -1.33. The minimum absolute atomic E-state index is 0.351. The van der Waals surface area contributed by atoms with Crippen molar-refractivity contribution in [2.75, 3.05) is 19.7 Å². The predicted octanol–water partition coefficient (Wildman–Crippen LogP) is 1.80. The topological polar surface area (TPSA) is 62.9 Å². The Labute approximate surface area is 113 Å². The highest BCUT2D eigenvalue weighted by Gasteiger charge is 2.40. The first-order valence-corrected chi connectivity index (χ1v) is 6.76. The summed E-state index contributed by atoms with van der Waals surface area (Å²) in [7, 11) is 0. The molecule has 0 bridgehead atoms. The van der Waals surface area contributed by atoms with Gasteiger partial charge in [-0.15, -0.1) is 0 Å². The Kier molecular flexibility index (Phi) is 4.27. The molecule has 0 saturated carbocycles. The smallest absolute Gasteiger partial charge is 0.341 e. The summed E-state index contributed by atoms with van der Waals surface area (Å²) in [5.74, 6) is 0.257. The van der Waals surface area contributed by atoms with Gasteiger partial charge in [0.25, 0.3) is 0 Å². The fourth-order valence-corrected chi connectivity index (χ4v) is 2.58. The number of nitrogens with zero attached hydrogens (tertiary/aromatic N) is 1. The van der Waals surface area contributed by atoms with Crippen LogP contribution in [0.1, 0.15) is 42.8 Å². The average Bonchev–Trinajstić information content (AvgIpc) is 2.76. The maximum Gasteiger partial charge on any atom is 0.341 e. The molecule has 0 spiro atoms. The highest BCUT2D eigenvalue weighted by molar-refractivity contribution is 5.90. The molecule has 1 fully saturated rings. The first kappa shape index (κ1) is 14.1. The van der Waals surface area contributed by atoms with Gasteiger partial charge in [0.15, 0.2) is 0 Å². The standard InChI is InChI=1S/C14H21NO4/c1-3-6-14(17)9-15(10-14)8-12-11(5-7-19-12)13(16)18-4-2/h5,7,17H,3-4,6,8-10H2,1-2H3. The lowest BCUT2D eigenvalue weighted by atomic mass is 9.89. The van der Waals surface area contributed by atoms with Gasteiger partial charge in [-0.1, -0.05) is 13.3 Å². The normalized spacial score (nSPS) is 18.1. The maximum absolute atomic E-state index is 11.7. The predicted molar refractivity (Wildman–Crippen MR) is 69.8 cm³/mol. The van der Waals surface area contributed by atoms with Crippen molar-refractivity contribution < 1.29 is 19.1 Å². The van der Waals surface area contributed by atoms with Gasteiger partial charge in [-0.05, 0) is 19.4 Å².